The number of hydrogen-bond acceptors (Lipinski definition) is 19. The second-order valence-corrected chi connectivity index (χ2v) is 11.3. The van der Waals surface area contributed by atoms with Crippen LogP contribution in [0.2, 0.25) is 0 Å². The van der Waals surface area contributed by atoms with Gasteiger partial charge in [0.05, 0.1) is 37.4 Å². The van der Waals surface area contributed by atoms with Crippen LogP contribution in [0.15, 0.2) is 0 Å². The lowest BCUT2D eigenvalue weighted by Crippen LogP contribution is -2.70. The molecule has 2 saturated heterocycles. The fourth-order valence-electron chi connectivity index (χ4n) is 5.36. The summed E-state index contributed by atoms with van der Waals surface area (Å²) < 4.78 is 23.0. The first kappa shape index (κ1) is 37.2. The number of nitrogens with two attached hydrogens (primary N) is 4. The van der Waals surface area contributed by atoms with Crippen molar-refractivity contribution in [3.8, 4) is 0 Å². The van der Waals surface area contributed by atoms with E-state index in [2.05, 4.69) is 10.6 Å². The van der Waals surface area contributed by atoms with Gasteiger partial charge in [0.15, 0.2) is 12.6 Å². The van der Waals surface area contributed by atoms with E-state index in [0.29, 0.717) is 0 Å². The van der Waals surface area contributed by atoms with E-state index in [1.54, 1.807) is 0 Å². The molecule has 3 aliphatic rings. The Morgan fingerprint density at radius 3 is 2.09 bits per heavy atom. The lowest BCUT2D eigenvalue weighted by Gasteiger charge is -2.49. The van der Waals surface area contributed by atoms with Crippen LogP contribution in [0.1, 0.15) is 6.42 Å². The first-order chi connectivity index (χ1) is 20.7. The highest BCUT2D eigenvalue weighted by Crippen LogP contribution is 2.31. The third-order valence-corrected chi connectivity index (χ3v) is 8.08. The van der Waals surface area contributed by atoms with Gasteiger partial charge in [0, 0.05) is 25.7 Å². The number of carbonyl (C=O) groups is 1. The second kappa shape index (κ2) is 16.5. The molecule has 1 unspecified atom stereocenters. The average molecular weight is 645 g/mol. The van der Waals surface area contributed by atoms with E-state index in [1.807, 2.05) is 0 Å². The van der Waals surface area contributed by atoms with Crippen molar-refractivity contribution in [3.05, 3.63) is 0 Å². The molecule has 1 saturated carbocycles. The third-order valence-electron chi connectivity index (χ3n) is 8.08. The summed E-state index contributed by atoms with van der Waals surface area (Å²) in [5.74, 6) is -0.910. The van der Waals surface area contributed by atoms with Gasteiger partial charge in [0.25, 0.3) is 0 Å². The second-order valence-electron chi connectivity index (χ2n) is 11.3. The standard InChI is InChI=1S/C24H48N6O14/c25-2-10(34)22(40)30-9-1-8(26)20(19(39)21(9)44-24-18(38)13(27)15(35)12(6-32)42-24)43-23-14(28)17(37)16(36)11(41-23)4-29-3-7(33)5-31/h7-21,23-24,29,31-39H,1-6,25-28H2,(H,30,40)/t7?,8-,9+,10-,11+,12+,13-,14+,15+,16+,17+,18+,19-,20+,21-,23+,24+/m0/s1. The molecule has 2 heterocycles. The van der Waals surface area contributed by atoms with Gasteiger partial charge in [-0.05, 0) is 6.42 Å². The number of aliphatic hydroxyl groups is 9. The maximum absolute atomic E-state index is 12.5. The number of ether oxygens (including phenoxy) is 4. The zero-order valence-electron chi connectivity index (χ0n) is 23.9. The molecule has 3 rings (SSSR count). The van der Waals surface area contributed by atoms with Crippen LogP contribution in [-0.2, 0) is 23.7 Å². The molecule has 258 valence electrons. The van der Waals surface area contributed by atoms with E-state index in [1.165, 1.54) is 0 Å². The minimum absolute atomic E-state index is 0.0547. The van der Waals surface area contributed by atoms with Gasteiger partial charge in [-0.2, -0.15) is 0 Å². The number of amides is 1. The quantitative estimate of drug-likeness (QED) is 0.0884. The van der Waals surface area contributed by atoms with Gasteiger partial charge in [-0.15, -0.1) is 0 Å². The smallest absolute Gasteiger partial charge is 0.250 e. The highest BCUT2D eigenvalue weighted by molar-refractivity contribution is 5.81. The molecule has 44 heavy (non-hydrogen) atoms. The van der Waals surface area contributed by atoms with Crippen LogP contribution >= 0.6 is 0 Å². The van der Waals surface area contributed by atoms with E-state index in [4.69, 9.17) is 47.0 Å². The highest BCUT2D eigenvalue weighted by Gasteiger charge is 2.52. The molecule has 0 radical (unpaired) electrons. The molecule has 3 fully saturated rings. The van der Waals surface area contributed by atoms with E-state index in [9.17, 15) is 45.6 Å². The van der Waals surface area contributed by atoms with Crippen molar-refractivity contribution in [1.29, 1.82) is 0 Å². The van der Waals surface area contributed by atoms with Crippen LogP contribution < -0.4 is 33.6 Å². The Kier molecular flexibility index (Phi) is 14.0. The van der Waals surface area contributed by atoms with Crippen molar-refractivity contribution >= 4 is 5.91 Å². The highest BCUT2D eigenvalue weighted by atomic mass is 16.7. The van der Waals surface area contributed by atoms with Crippen LogP contribution in [0.3, 0.4) is 0 Å². The summed E-state index contributed by atoms with van der Waals surface area (Å²) in [5, 5.41) is 96.6. The first-order valence-corrected chi connectivity index (χ1v) is 14.3. The van der Waals surface area contributed by atoms with E-state index < -0.39 is 130 Å². The molecule has 2 aliphatic heterocycles. The van der Waals surface area contributed by atoms with Crippen LogP contribution in [0.4, 0.5) is 0 Å². The van der Waals surface area contributed by atoms with Crippen molar-refractivity contribution in [2.75, 3.05) is 32.8 Å². The summed E-state index contributed by atoms with van der Waals surface area (Å²) in [6, 6.07) is -4.82. The van der Waals surface area contributed by atoms with E-state index in [0.717, 1.165) is 0 Å². The van der Waals surface area contributed by atoms with Crippen LogP contribution in [-0.4, -0.2) is 189 Å². The van der Waals surface area contributed by atoms with Gasteiger partial charge >= 0.3 is 0 Å². The summed E-state index contributed by atoms with van der Waals surface area (Å²) in [7, 11) is 0. The van der Waals surface area contributed by atoms with Crippen LogP contribution in [0.25, 0.3) is 0 Å². The van der Waals surface area contributed by atoms with Crippen LogP contribution in [0, 0.1) is 0 Å². The molecule has 17 atom stereocenters. The molecule has 1 amide bonds. The van der Waals surface area contributed by atoms with Crippen LogP contribution in [0.5, 0.6) is 0 Å². The van der Waals surface area contributed by atoms with Gasteiger partial charge in [0.2, 0.25) is 5.91 Å². The summed E-state index contributed by atoms with van der Waals surface area (Å²) in [6.45, 7) is -1.77. The molecule has 19 N–H and O–H groups in total. The summed E-state index contributed by atoms with van der Waals surface area (Å²) in [4.78, 5) is 12.5. The Morgan fingerprint density at radius 1 is 0.841 bits per heavy atom. The predicted molar refractivity (Wildman–Crippen MR) is 146 cm³/mol. The Hall–Kier alpha value is -1.25. The number of hydrogen-bond donors (Lipinski definition) is 15. The summed E-state index contributed by atoms with van der Waals surface area (Å²) in [5.41, 5.74) is 23.6. The minimum atomic E-state index is -1.72. The zero-order chi connectivity index (χ0) is 32.9. The summed E-state index contributed by atoms with van der Waals surface area (Å²) in [6.07, 6.45) is -18.9. The van der Waals surface area contributed by atoms with Crippen molar-refractivity contribution in [2.45, 2.75) is 110 Å². The Morgan fingerprint density at radius 2 is 1.48 bits per heavy atom. The monoisotopic (exact) mass is 644 g/mol. The van der Waals surface area contributed by atoms with Gasteiger partial charge in [0.1, 0.15) is 61.0 Å². The van der Waals surface area contributed by atoms with Gasteiger partial charge in [-0.3, -0.25) is 4.79 Å². The number of nitrogens with one attached hydrogen (secondary N) is 2. The minimum Gasteiger partial charge on any atom is -0.394 e. The molecule has 0 aromatic rings. The molecule has 0 aromatic heterocycles. The fraction of sp³-hybridized carbons (Fsp3) is 0.958. The normalized spacial score (nSPS) is 44.6. The van der Waals surface area contributed by atoms with Crippen molar-refractivity contribution in [2.24, 2.45) is 22.9 Å². The lowest BCUT2D eigenvalue weighted by atomic mass is 9.83. The zero-order valence-corrected chi connectivity index (χ0v) is 23.9. The number of aliphatic hydroxyl groups excluding tert-OH is 9. The topological polar surface area (TPSA) is 364 Å². The van der Waals surface area contributed by atoms with E-state index >= 15 is 0 Å². The molecular weight excluding hydrogens is 596 g/mol. The molecular formula is C24H48N6O14. The third kappa shape index (κ3) is 8.56. The molecule has 0 bridgehead atoms. The average Bonchev–Trinajstić information content (AvgIpc) is 3.00. The van der Waals surface area contributed by atoms with Gasteiger partial charge in [-0.25, -0.2) is 0 Å². The Balaban J connectivity index is 1.81. The molecule has 1 aliphatic carbocycles. The Bertz CT molecular complexity index is 898. The number of rotatable bonds is 13. The van der Waals surface area contributed by atoms with Gasteiger partial charge in [-0.1, -0.05) is 0 Å². The molecule has 20 heteroatoms. The fourth-order valence-corrected chi connectivity index (χ4v) is 5.36. The first-order valence-electron chi connectivity index (χ1n) is 14.3. The summed E-state index contributed by atoms with van der Waals surface area (Å²) >= 11 is 0. The predicted octanol–water partition coefficient (Wildman–Crippen LogP) is -9.86. The van der Waals surface area contributed by atoms with Gasteiger partial charge < -0.3 is 98.5 Å². The largest absolute Gasteiger partial charge is 0.394 e. The van der Waals surface area contributed by atoms with Crippen molar-refractivity contribution < 1.29 is 69.7 Å². The Labute approximate surface area is 252 Å². The van der Waals surface area contributed by atoms with Crippen molar-refractivity contribution in [3.63, 3.8) is 0 Å². The maximum atomic E-state index is 12.5. The van der Waals surface area contributed by atoms with Crippen molar-refractivity contribution in [1.82, 2.24) is 10.6 Å². The van der Waals surface area contributed by atoms with E-state index in [-0.39, 0.29) is 19.5 Å². The number of carbonyl (C=O) groups excluding carboxylic acids is 1. The molecule has 0 spiro atoms. The maximum Gasteiger partial charge on any atom is 0.250 e. The molecule has 20 nitrogen and oxygen atoms in total. The SMILES string of the molecule is NC[C@H](O)C(=O)N[C@@H]1C[C@H](N)[C@@H](O[C@H]2O[C@H](CNCC(O)CO)[C@@H](O)[C@H](O)[C@H]2N)[C@H](O)[C@H]1O[C@H]1O[C@H](CO)[C@@H](O)[C@H](N)[C@H]1O. The molecule has 0 aromatic carbocycles. The lowest BCUT2D eigenvalue weighted by molar-refractivity contribution is -0.320.